The van der Waals surface area contributed by atoms with Crippen LogP contribution in [-0.4, -0.2) is 83.5 Å². The number of carbonyl (C=O) groups is 2. The molecule has 1 saturated heterocycles. The summed E-state index contributed by atoms with van der Waals surface area (Å²) in [5.41, 5.74) is 0.566. The first-order valence-corrected chi connectivity index (χ1v) is 13.3. The van der Waals surface area contributed by atoms with Crippen molar-refractivity contribution in [2.75, 3.05) is 49.8 Å². The number of benzene rings is 1. The van der Waals surface area contributed by atoms with Crippen LogP contribution in [0.4, 0.5) is 27.9 Å². The maximum atomic E-state index is 14.2. The minimum atomic E-state index is -1.82. The SMILES string of the molecule is COc1ccc(Nc2nc(NC3CCCCCC3)nc(N(C)C3CC[NH+](C)CC3)n2)cc1F.O=C(O)C(=O)O. The number of nitrogens with zero attached hydrogens (tertiary/aromatic N) is 4. The average molecular weight is 549 g/mol. The zero-order valence-electron chi connectivity index (χ0n) is 22.7. The minimum absolute atomic E-state index is 0.205. The smallest absolute Gasteiger partial charge is 0.414 e. The van der Waals surface area contributed by atoms with Crippen molar-refractivity contribution in [3.8, 4) is 5.75 Å². The van der Waals surface area contributed by atoms with Crippen molar-refractivity contribution in [1.29, 1.82) is 0 Å². The maximum Gasteiger partial charge on any atom is 0.414 e. The summed E-state index contributed by atoms with van der Waals surface area (Å²) < 4.78 is 19.2. The topological polar surface area (TPSA) is 154 Å². The number of anilines is 4. The Bertz CT molecular complexity index is 1090. The molecule has 2 aromatic rings. The quantitative estimate of drug-likeness (QED) is 0.255. The molecular weight excluding hydrogens is 509 g/mol. The van der Waals surface area contributed by atoms with Gasteiger partial charge in [0.25, 0.3) is 0 Å². The molecule has 1 aliphatic carbocycles. The summed E-state index contributed by atoms with van der Waals surface area (Å²) >= 11 is 0. The van der Waals surface area contributed by atoms with E-state index in [1.54, 1.807) is 17.0 Å². The zero-order valence-corrected chi connectivity index (χ0v) is 22.7. The number of carboxylic acids is 2. The molecule has 214 valence electrons. The summed E-state index contributed by atoms with van der Waals surface area (Å²) in [5.74, 6) is -2.25. The molecule has 0 radical (unpaired) electrons. The van der Waals surface area contributed by atoms with E-state index in [-0.39, 0.29) is 5.75 Å². The molecule has 0 bridgehead atoms. The van der Waals surface area contributed by atoms with Gasteiger partial charge in [-0.05, 0) is 25.0 Å². The van der Waals surface area contributed by atoms with Crippen LogP contribution in [0.3, 0.4) is 0 Å². The fourth-order valence-corrected chi connectivity index (χ4v) is 4.77. The summed E-state index contributed by atoms with van der Waals surface area (Å²) in [6, 6.07) is 5.51. The molecule has 39 heavy (non-hydrogen) atoms. The standard InChI is InChI=1S/C24H36FN7O.C2H2O4/c1-31-14-12-19(13-15-31)32(2)24-29-22(26-17-8-6-4-5-7-9-17)28-23(30-24)27-18-10-11-21(33-3)20(25)16-18;3-1(4)2(5)6/h10-11,16-17,19H,4-9,12-15H2,1-3H3,(H2,26,27,28,29,30);(H,3,4)(H,5,6)/p+1. The molecule has 1 aromatic carbocycles. The van der Waals surface area contributed by atoms with E-state index in [9.17, 15) is 4.39 Å². The van der Waals surface area contributed by atoms with Crippen LogP contribution in [0.15, 0.2) is 18.2 Å². The molecule has 0 amide bonds. The number of aromatic nitrogens is 3. The van der Waals surface area contributed by atoms with E-state index in [1.165, 1.54) is 38.9 Å². The molecule has 5 N–H and O–H groups in total. The molecule has 0 unspecified atom stereocenters. The number of methoxy groups -OCH3 is 1. The van der Waals surface area contributed by atoms with Crippen LogP contribution in [-0.2, 0) is 9.59 Å². The second-order valence-corrected chi connectivity index (χ2v) is 10.00. The van der Waals surface area contributed by atoms with Crippen LogP contribution in [0.2, 0.25) is 0 Å². The molecule has 1 aromatic heterocycles. The number of carboxylic acid groups (broad SMARTS) is 2. The highest BCUT2D eigenvalue weighted by Gasteiger charge is 2.26. The number of likely N-dealkylation sites (tertiary alicyclic amines) is 1. The Kier molecular flexibility index (Phi) is 11.0. The molecule has 0 spiro atoms. The molecule has 13 heteroatoms. The predicted molar refractivity (Wildman–Crippen MR) is 144 cm³/mol. The normalized spacial score (nSPS) is 19.6. The second-order valence-electron chi connectivity index (χ2n) is 10.00. The molecule has 2 aliphatic rings. The number of halogens is 1. The van der Waals surface area contributed by atoms with Gasteiger partial charge in [-0.25, -0.2) is 14.0 Å². The lowest BCUT2D eigenvalue weighted by Gasteiger charge is -2.33. The fraction of sp³-hybridized carbons (Fsp3) is 0.577. The van der Waals surface area contributed by atoms with Gasteiger partial charge in [0, 0.05) is 43.7 Å². The highest BCUT2D eigenvalue weighted by Crippen LogP contribution is 2.26. The first-order chi connectivity index (χ1) is 18.7. The Morgan fingerprint density at radius 1 is 1.00 bits per heavy atom. The first kappa shape index (κ1) is 29.8. The monoisotopic (exact) mass is 548 g/mol. The Morgan fingerprint density at radius 2 is 1.62 bits per heavy atom. The highest BCUT2D eigenvalue weighted by molar-refractivity contribution is 6.27. The number of aliphatic carboxylic acids is 2. The van der Waals surface area contributed by atoms with Crippen molar-refractivity contribution in [3.63, 3.8) is 0 Å². The Hall–Kier alpha value is -3.74. The lowest BCUT2D eigenvalue weighted by Crippen LogP contribution is -3.10. The minimum Gasteiger partial charge on any atom is -0.494 e. The van der Waals surface area contributed by atoms with Crippen molar-refractivity contribution in [2.24, 2.45) is 0 Å². The Labute approximate surface area is 227 Å². The molecule has 2 heterocycles. The van der Waals surface area contributed by atoms with Crippen LogP contribution < -0.4 is 25.2 Å². The third-order valence-electron chi connectivity index (χ3n) is 7.07. The zero-order chi connectivity index (χ0) is 28.4. The second kappa shape index (κ2) is 14.4. The number of nitrogens with one attached hydrogen (secondary N) is 3. The molecular formula is C26H39FN7O5+. The van der Waals surface area contributed by atoms with Gasteiger partial charge in [0.15, 0.2) is 11.6 Å². The van der Waals surface area contributed by atoms with Crippen LogP contribution >= 0.6 is 0 Å². The van der Waals surface area contributed by atoms with Gasteiger partial charge >= 0.3 is 11.9 Å². The molecule has 0 atom stereocenters. The third-order valence-corrected chi connectivity index (χ3v) is 7.07. The number of hydrogen-bond acceptors (Lipinski definition) is 9. The summed E-state index contributed by atoms with van der Waals surface area (Å²) in [6.07, 6.45) is 9.49. The van der Waals surface area contributed by atoms with Gasteiger partial charge < -0.3 is 35.4 Å². The van der Waals surface area contributed by atoms with Gasteiger partial charge in [0.2, 0.25) is 17.8 Å². The number of rotatable bonds is 7. The lowest BCUT2D eigenvalue weighted by molar-refractivity contribution is -0.884. The van der Waals surface area contributed by atoms with Crippen LogP contribution in [0, 0.1) is 5.82 Å². The predicted octanol–water partition coefficient (Wildman–Crippen LogP) is 2.17. The van der Waals surface area contributed by atoms with E-state index in [2.05, 4.69) is 34.6 Å². The number of piperidine rings is 1. The van der Waals surface area contributed by atoms with Crippen LogP contribution in [0.1, 0.15) is 51.4 Å². The van der Waals surface area contributed by atoms with E-state index in [1.807, 2.05) is 0 Å². The Balaban J connectivity index is 0.000000631. The van der Waals surface area contributed by atoms with E-state index in [0.717, 1.165) is 38.8 Å². The largest absolute Gasteiger partial charge is 0.494 e. The molecule has 4 rings (SSSR count). The van der Waals surface area contributed by atoms with Crippen molar-refractivity contribution in [2.45, 2.75) is 63.5 Å². The molecule has 1 aliphatic heterocycles. The van der Waals surface area contributed by atoms with Crippen molar-refractivity contribution >= 4 is 35.5 Å². The highest BCUT2D eigenvalue weighted by atomic mass is 19.1. The van der Waals surface area contributed by atoms with E-state index in [0.29, 0.717) is 35.6 Å². The Morgan fingerprint density at radius 3 is 2.18 bits per heavy atom. The maximum absolute atomic E-state index is 14.2. The average Bonchev–Trinajstić information content (AvgIpc) is 3.17. The van der Waals surface area contributed by atoms with Gasteiger partial charge in [-0.1, -0.05) is 25.7 Å². The molecule has 2 fully saturated rings. The van der Waals surface area contributed by atoms with E-state index >= 15 is 0 Å². The summed E-state index contributed by atoms with van der Waals surface area (Å²) in [7, 11) is 5.76. The van der Waals surface area contributed by atoms with Gasteiger partial charge in [-0.2, -0.15) is 15.0 Å². The fourth-order valence-electron chi connectivity index (χ4n) is 4.77. The van der Waals surface area contributed by atoms with Crippen molar-refractivity contribution in [3.05, 3.63) is 24.0 Å². The summed E-state index contributed by atoms with van der Waals surface area (Å²) in [5, 5.41) is 21.5. The third kappa shape index (κ3) is 9.20. The molecule has 12 nitrogen and oxygen atoms in total. The van der Waals surface area contributed by atoms with E-state index in [4.69, 9.17) is 34.5 Å². The number of ether oxygens (including phenoxy) is 1. The van der Waals surface area contributed by atoms with Crippen molar-refractivity contribution in [1.82, 2.24) is 15.0 Å². The lowest BCUT2D eigenvalue weighted by atomic mass is 10.0. The van der Waals surface area contributed by atoms with Gasteiger partial charge in [-0.3, -0.25) is 0 Å². The summed E-state index contributed by atoms with van der Waals surface area (Å²) in [6.45, 7) is 2.28. The van der Waals surface area contributed by atoms with Crippen LogP contribution in [0.25, 0.3) is 0 Å². The van der Waals surface area contributed by atoms with Gasteiger partial charge in [0.1, 0.15) is 0 Å². The first-order valence-electron chi connectivity index (χ1n) is 13.3. The summed E-state index contributed by atoms with van der Waals surface area (Å²) in [4.78, 5) is 36.1. The molecule has 1 saturated carbocycles. The van der Waals surface area contributed by atoms with E-state index < -0.39 is 17.8 Å². The van der Waals surface area contributed by atoms with Crippen molar-refractivity contribution < 1.29 is 33.8 Å². The number of hydrogen-bond donors (Lipinski definition) is 5. The van der Waals surface area contributed by atoms with Gasteiger partial charge in [0.05, 0.1) is 27.2 Å². The number of quaternary nitrogens is 1. The van der Waals surface area contributed by atoms with Gasteiger partial charge in [-0.15, -0.1) is 0 Å². The van der Waals surface area contributed by atoms with Crippen LogP contribution in [0.5, 0.6) is 5.75 Å².